The molecule has 30 heavy (non-hydrogen) atoms. The van der Waals surface area contributed by atoms with E-state index in [2.05, 4.69) is 5.32 Å². The first kappa shape index (κ1) is 22.4. The molecule has 2 aromatic rings. The van der Waals surface area contributed by atoms with Gasteiger partial charge in [0.05, 0.1) is 11.6 Å². The number of carbonyl (C=O) groups excluding carboxylic acids is 3. The Morgan fingerprint density at radius 2 is 1.67 bits per heavy atom. The summed E-state index contributed by atoms with van der Waals surface area (Å²) in [6.07, 6.45) is -0.609. The summed E-state index contributed by atoms with van der Waals surface area (Å²) in [5, 5.41) is 11.5. The average molecular weight is 409 g/mol. The van der Waals surface area contributed by atoms with Gasteiger partial charge in [-0.2, -0.15) is 5.26 Å². The minimum atomic E-state index is -0.697. The van der Waals surface area contributed by atoms with Gasteiger partial charge in [-0.15, -0.1) is 0 Å². The number of rotatable bonds is 6. The predicted molar refractivity (Wildman–Crippen MR) is 111 cm³/mol. The minimum Gasteiger partial charge on any atom is -0.452 e. The van der Waals surface area contributed by atoms with Crippen LogP contribution in [0.5, 0.6) is 0 Å². The van der Waals surface area contributed by atoms with Crippen molar-refractivity contribution in [2.45, 2.75) is 26.4 Å². The molecule has 0 aromatic heterocycles. The number of para-hydroxylation sites is 1. The normalized spacial score (nSPS) is 10.5. The van der Waals surface area contributed by atoms with Gasteiger partial charge in [0.1, 0.15) is 12.1 Å². The molecule has 8 heteroatoms. The number of nitrogens with zero attached hydrogens (tertiary/aromatic N) is 2. The number of hydrogen-bond acceptors (Lipinski definition) is 6. The molecule has 2 aromatic carbocycles. The molecular weight excluding hydrogens is 386 g/mol. The Bertz CT molecular complexity index is 928. The molecule has 0 spiro atoms. The van der Waals surface area contributed by atoms with Crippen molar-refractivity contribution in [2.75, 3.05) is 23.4 Å². The van der Waals surface area contributed by atoms with E-state index in [4.69, 9.17) is 14.7 Å². The van der Waals surface area contributed by atoms with Gasteiger partial charge in [-0.05, 0) is 57.2 Å². The van der Waals surface area contributed by atoms with Crippen LogP contribution < -0.4 is 10.2 Å². The van der Waals surface area contributed by atoms with Gasteiger partial charge < -0.3 is 9.47 Å². The fraction of sp³-hybridized carbons (Fsp3) is 0.273. The van der Waals surface area contributed by atoms with Crippen LogP contribution in [0.15, 0.2) is 54.6 Å². The highest BCUT2D eigenvalue weighted by molar-refractivity contribution is 5.97. The molecule has 0 heterocycles. The molecule has 2 amide bonds. The quantitative estimate of drug-likeness (QED) is 0.575. The van der Waals surface area contributed by atoms with Crippen LogP contribution in [0.1, 0.15) is 31.1 Å². The number of amides is 2. The zero-order valence-corrected chi connectivity index (χ0v) is 17.0. The van der Waals surface area contributed by atoms with Gasteiger partial charge in [0.15, 0.2) is 6.61 Å². The lowest BCUT2D eigenvalue weighted by Gasteiger charge is -2.20. The smallest absolute Gasteiger partial charge is 0.412 e. The van der Waals surface area contributed by atoms with Gasteiger partial charge in [0, 0.05) is 11.4 Å². The van der Waals surface area contributed by atoms with E-state index in [1.54, 1.807) is 51.1 Å². The maximum Gasteiger partial charge on any atom is 0.412 e. The maximum atomic E-state index is 12.4. The Labute approximate surface area is 175 Å². The van der Waals surface area contributed by atoms with E-state index in [0.717, 1.165) is 0 Å². The lowest BCUT2D eigenvalue weighted by Crippen LogP contribution is -2.35. The second-order valence-corrected chi connectivity index (χ2v) is 7.25. The second-order valence-electron chi connectivity index (χ2n) is 7.25. The van der Waals surface area contributed by atoms with Crippen LogP contribution in [0.25, 0.3) is 0 Å². The van der Waals surface area contributed by atoms with E-state index in [9.17, 15) is 14.4 Å². The Balaban J connectivity index is 1.93. The van der Waals surface area contributed by atoms with Crippen LogP contribution in [0.3, 0.4) is 0 Å². The molecule has 0 aliphatic heterocycles. The third-order valence-electron chi connectivity index (χ3n) is 3.69. The van der Waals surface area contributed by atoms with Gasteiger partial charge in [0.25, 0.3) is 5.91 Å². The molecule has 0 saturated carbocycles. The molecule has 8 nitrogen and oxygen atoms in total. The number of benzene rings is 2. The lowest BCUT2D eigenvalue weighted by molar-refractivity contribution is -0.121. The first-order valence-electron chi connectivity index (χ1n) is 9.19. The number of nitrogens with one attached hydrogen (secondary N) is 1. The standard InChI is InChI=1S/C22H23N3O5/c1-22(2,3)30-21(28)24-17-11-9-16(10-12-17)20(27)29-15-19(26)25(14-13-23)18-7-5-4-6-8-18/h4-12H,14-15H2,1-3H3,(H,24,28). The van der Waals surface area contributed by atoms with Crippen LogP contribution in [0.2, 0.25) is 0 Å². The van der Waals surface area contributed by atoms with E-state index in [0.29, 0.717) is 11.4 Å². The van der Waals surface area contributed by atoms with Gasteiger partial charge >= 0.3 is 12.1 Å². The fourth-order valence-corrected chi connectivity index (χ4v) is 2.40. The third kappa shape index (κ3) is 6.95. The predicted octanol–water partition coefficient (Wildman–Crippen LogP) is 3.75. The Kier molecular flexibility index (Phi) is 7.53. The van der Waals surface area contributed by atoms with E-state index >= 15 is 0 Å². The van der Waals surface area contributed by atoms with Crippen LogP contribution >= 0.6 is 0 Å². The number of carbonyl (C=O) groups is 3. The maximum absolute atomic E-state index is 12.4. The molecule has 0 aliphatic rings. The van der Waals surface area contributed by atoms with Gasteiger partial charge in [-0.25, -0.2) is 9.59 Å². The lowest BCUT2D eigenvalue weighted by atomic mass is 10.2. The molecule has 0 radical (unpaired) electrons. The van der Waals surface area contributed by atoms with Crippen LogP contribution in [0.4, 0.5) is 16.2 Å². The van der Waals surface area contributed by atoms with Crippen molar-refractivity contribution in [1.29, 1.82) is 5.26 Å². The highest BCUT2D eigenvalue weighted by atomic mass is 16.6. The second kappa shape index (κ2) is 10.1. The summed E-state index contributed by atoms with van der Waals surface area (Å²) in [7, 11) is 0. The van der Waals surface area contributed by atoms with Crippen LogP contribution in [-0.4, -0.2) is 36.7 Å². The number of ether oxygens (including phenoxy) is 2. The van der Waals surface area contributed by atoms with Crippen molar-refractivity contribution in [3.8, 4) is 6.07 Å². The molecule has 0 bridgehead atoms. The topological polar surface area (TPSA) is 109 Å². The SMILES string of the molecule is CC(C)(C)OC(=O)Nc1ccc(C(=O)OCC(=O)N(CC#N)c2ccccc2)cc1. The molecule has 2 rings (SSSR count). The number of nitriles is 1. The van der Waals surface area contributed by atoms with Gasteiger partial charge in [-0.3, -0.25) is 15.0 Å². The van der Waals surface area contributed by atoms with E-state index in [1.165, 1.54) is 29.2 Å². The molecule has 156 valence electrons. The van der Waals surface area contributed by atoms with Crippen LogP contribution in [0, 0.1) is 11.3 Å². The zero-order valence-electron chi connectivity index (χ0n) is 17.0. The summed E-state index contributed by atoms with van der Waals surface area (Å²) in [5.41, 5.74) is 0.572. The first-order valence-corrected chi connectivity index (χ1v) is 9.19. The van der Waals surface area contributed by atoms with E-state index in [-0.39, 0.29) is 12.1 Å². The van der Waals surface area contributed by atoms with Crippen molar-refractivity contribution >= 4 is 29.3 Å². The van der Waals surface area contributed by atoms with Gasteiger partial charge in [-0.1, -0.05) is 18.2 Å². The summed E-state index contributed by atoms with van der Waals surface area (Å²) in [6, 6.07) is 16.5. The van der Waals surface area contributed by atoms with E-state index < -0.39 is 30.2 Å². The monoisotopic (exact) mass is 409 g/mol. The molecular formula is C22H23N3O5. The Hall–Kier alpha value is -3.86. The summed E-state index contributed by atoms with van der Waals surface area (Å²) in [6.45, 7) is 4.59. The fourth-order valence-electron chi connectivity index (χ4n) is 2.40. The van der Waals surface area contributed by atoms with Crippen molar-refractivity contribution < 1.29 is 23.9 Å². The van der Waals surface area contributed by atoms with Crippen molar-refractivity contribution in [1.82, 2.24) is 0 Å². The summed E-state index contributed by atoms with van der Waals surface area (Å²) >= 11 is 0. The molecule has 0 saturated heterocycles. The van der Waals surface area contributed by atoms with Crippen molar-refractivity contribution in [3.05, 3.63) is 60.2 Å². The van der Waals surface area contributed by atoms with E-state index in [1.807, 2.05) is 6.07 Å². The molecule has 0 aliphatic carbocycles. The summed E-state index contributed by atoms with van der Waals surface area (Å²) in [5.74, 6) is -1.21. The number of esters is 1. The first-order chi connectivity index (χ1) is 14.2. The third-order valence-corrected chi connectivity index (χ3v) is 3.69. The summed E-state index contributed by atoms with van der Waals surface area (Å²) in [4.78, 5) is 37.6. The average Bonchev–Trinajstić information content (AvgIpc) is 2.69. The largest absolute Gasteiger partial charge is 0.452 e. The number of hydrogen-bond donors (Lipinski definition) is 1. The molecule has 0 fully saturated rings. The summed E-state index contributed by atoms with van der Waals surface area (Å²) < 4.78 is 10.2. The highest BCUT2D eigenvalue weighted by Gasteiger charge is 2.19. The van der Waals surface area contributed by atoms with Gasteiger partial charge in [0.2, 0.25) is 0 Å². The number of anilines is 2. The molecule has 0 unspecified atom stereocenters. The van der Waals surface area contributed by atoms with Crippen molar-refractivity contribution in [3.63, 3.8) is 0 Å². The minimum absolute atomic E-state index is 0.161. The zero-order chi connectivity index (χ0) is 22.1. The Morgan fingerprint density at radius 3 is 2.23 bits per heavy atom. The van der Waals surface area contributed by atoms with Crippen molar-refractivity contribution in [2.24, 2.45) is 0 Å². The highest BCUT2D eigenvalue weighted by Crippen LogP contribution is 2.15. The molecule has 1 N–H and O–H groups in total. The Morgan fingerprint density at radius 1 is 1.03 bits per heavy atom. The van der Waals surface area contributed by atoms with Crippen LogP contribution in [-0.2, 0) is 14.3 Å². The molecule has 0 atom stereocenters.